The largest absolute Gasteiger partial charge is 0.772 e. The molecule has 0 aromatic carbocycles. The summed E-state index contributed by atoms with van der Waals surface area (Å²) in [6.45, 7) is 2.05. The minimum absolute atomic E-state index is 0.0684. The fourth-order valence-corrected chi connectivity index (χ4v) is 24.0. The van der Waals surface area contributed by atoms with E-state index in [2.05, 4.69) is 0 Å². The molecule has 4 aliphatic carbocycles. The van der Waals surface area contributed by atoms with Crippen LogP contribution in [0.4, 0.5) is 0 Å². The van der Waals surface area contributed by atoms with Crippen LogP contribution in [0.15, 0.2) is 0 Å². The second-order valence-electron chi connectivity index (χ2n) is 19.5. The topological polar surface area (TPSA) is 211 Å². The van der Waals surface area contributed by atoms with E-state index in [1.165, 1.54) is 0 Å². The highest BCUT2D eigenvalue weighted by Crippen LogP contribution is 2.43. The lowest BCUT2D eigenvalue weighted by molar-refractivity contribution is 0.214. The Bertz CT molecular complexity index is 1820. The molecule has 6 aliphatic rings. The quantitative estimate of drug-likeness (QED) is 0.373. The SMILES string of the molecule is CCC1C[C@@H]2C[C@H](C1)CS(=O)(=O)CC1CC3C[C@@H](C1)CS(=O)(=O)C[C@@H]1CC(CS(=O)[O-])C[C@@H](C1)CS(=O)(=O)C[C@H]1CC(C[C@H](C1)CS(=O)(=O)C3)CS(=O)(=O)C2. The molecule has 0 radical (unpaired) electrons. The molecular weight excluding hydrogens is 829 g/mol. The van der Waals surface area contributed by atoms with Gasteiger partial charge in [-0.2, -0.15) is 0 Å². The maximum absolute atomic E-state index is 14.0. The first kappa shape index (κ1) is 44.4. The predicted molar refractivity (Wildman–Crippen MR) is 215 cm³/mol. The fourth-order valence-electron chi connectivity index (χ4n) is 12.8. The van der Waals surface area contributed by atoms with E-state index >= 15 is 0 Å². The van der Waals surface area contributed by atoms with Crippen molar-refractivity contribution in [3.63, 3.8) is 0 Å². The average Bonchev–Trinajstić information content (AvgIpc) is 2.96. The molecule has 2 aliphatic heterocycles. The minimum atomic E-state index is -3.76. The molecule has 6 rings (SSSR count). The van der Waals surface area contributed by atoms with Crippen molar-refractivity contribution < 1.29 is 50.9 Å². The van der Waals surface area contributed by atoms with Gasteiger partial charge in [-0.05, 0) is 148 Å². The maximum Gasteiger partial charge on any atom is 0.150 e. The van der Waals surface area contributed by atoms with Crippen LogP contribution in [0.5, 0.6) is 0 Å². The van der Waals surface area contributed by atoms with E-state index in [9.17, 15) is 50.9 Å². The van der Waals surface area contributed by atoms with Crippen LogP contribution in [0.25, 0.3) is 0 Å². The summed E-state index contributed by atoms with van der Waals surface area (Å²) < 4.78 is 163. The maximum atomic E-state index is 14.0. The zero-order valence-electron chi connectivity index (χ0n) is 32.2. The van der Waals surface area contributed by atoms with Crippen molar-refractivity contribution in [1.82, 2.24) is 0 Å². The van der Waals surface area contributed by atoms with Crippen LogP contribution in [-0.4, -0.2) is 114 Å². The summed E-state index contributed by atoms with van der Waals surface area (Å²) in [7, 11) is -18.5. The van der Waals surface area contributed by atoms with Gasteiger partial charge in [0, 0.05) is 5.75 Å². The highest BCUT2D eigenvalue weighted by Gasteiger charge is 2.43. The molecule has 55 heavy (non-hydrogen) atoms. The molecule has 0 spiro atoms. The molecule has 0 N–H and O–H groups in total. The Hall–Kier alpha value is -0.140. The second-order valence-corrected chi connectivity index (χ2v) is 31.2. The summed E-state index contributed by atoms with van der Waals surface area (Å²) in [4.78, 5) is 0. The van der Waals surface area contributed by atoms with Crippen molar-refractivity contribution >= 4 is 60.3 Å². The Morgan fingerprint density at radius 1 is 0.364 bits per heavy atom. The Morgan fingerprint density at radius 2 is 0.545 bits per heavy atom. The molecule has 0 aromatic rings. The summed E-state index contributed by atoms with van der Waals surface area (Å²) in [6, 6.07) is 0. The second kappa shape index (κ2) is 17.5. The van der Waals surface area contributed by atoms with Crippen molar-refractivity contribution in [3.05, 3.63) is 0 Å². The standard InChI is InChI=1S/C37H64O12S6/c1-2-26-3-28-7-29(4-26)17-52(42,43)21-33-10-35-14-37(12-33)25-55(48,49)24-36-11-32(20-51(40,41)16-28)9-34(13-36)22-53(44,45)18-30-5-27(15-50(38)39)6-31(8-30)19-54(46,47)23-35/h26-37H,2-25H2,1H3,(H,38,39)/p-1/t26?,27?,28-,29+,30+,31-,32?,33?,34+,35-,36-,37?/m1/s1. The number of hydrogen-bond acceptors (Lipinski definition) is 12. The van der Waals surface area contributed by atoms with Gasteiger partial charge in [0.25, 0.3) is 0 Å². The monoisotopic (exact) mass is 891 g/mol. The zero-order valence-corrected chi connectivity index (χ0v) is 37.1. The van der Waals surface area contributed by atoms with Gasteiger partial charge in [-0.1, -0.05) is 24.4 Å². The third-order valence-corrected chi connectivity index (χ3v) is 24.4. The van der Waals surface area contributed by atoms with Crippen LogP contribution in [0.2, 0.25) is 0 Å². The minimum Gasteiger partial charge on any atom is -0.772 e. The average molecular weight is 892 g/mol. The smallest absolute Gasteiger partial charge is 0.150 e. The molecule has 2 heterocycles. The normalized spacial score (nSPS) is 43.8. The van der Waals surface area contributed by atoms with Crippen molar-refractivity contribution in [1.29, 1.82) is 0 Å². The van der Waals surface area contributed by atoms with Crippen molar-refractivity contribution in [3.8, 4) is 0 Å². The van der Waals surface area contributed by atoms with Crippen LogP contribution in [0.1, 0.15) is 90.4 Å². The van der Waals surface area contributed by atoms with E-state index in [4.69, 9.17) is 0 Å². The summed E-state index contributed by atoms with van der Waals surface area (Å²) in [5, 5.41) is 0. The first-order valence-electron chi connectivity index (χ1n) is 20.6. The molecule has 4 saturated carbocycles. The summed E-state index contributed by atoms with van der Waals surface area (Å²) in [5.41, 5.74) is 0. The van der Waals surface area contributed by atoms with E-state index in [0.29, 0.717) is 77.0 Å². The zero-order chi connectivity index (χ0) is 40.0. The third-order valence-electron chi connectivity index (χ3n) is 13.8. The van der Waals surface area contributed by atoms with E-state index < -0.39 is 108 Å². The van der Waals surface area contributed by atoms with Crippen LogP contribution in [0, 0.1) is 71.0 Å². The van der Waals surface area contributed by atoms with Gasteiger partial charge >= 0.3 is 0 Å². The molecule has 0 amide bonds. The Labute approximate surface area is 333 Å². The fraction of sp³-hybridized carbons (Fsp3) is 1.00. The van der Waals surface area contributed by atoms with Crippen LogP contribution < -0.4 is 0 Å². The van der Waals surface area contributed by atoms with Gasteiger partial charge in [-0.25, -0.2) is 42.1 Å². The van der Waals surface area contributed by atoms with Crippen molar-refractivity contribution in [2.45, 2.75) is 90.4 Å². The Kier molecular flexibility index (Phi) is 14.1. The molecule has 0 aromatic heterocycles. The Morgan fingerprint density at radius 3 is 0.727 bits per heavy atom. The number of fused-ring (bicyclic) bond motifs is 10. The summed E-state index contributed by atoms with van der Waals surface area (Å²) in [6.07, 6.45) is 5.85. The lowest BCUT2D eigenvalue weighted by Gasteiger charge is -2.39. The highest BCUT2D eigenvalue weighted by atomic mass is 32.2. The van der Waals surface area contributed by atoms with Gasteiger partial charge in [-0.3, -0.25) is 4.21 Å². The van der Waals surface area contributed by atoms with Gasteiger partial charge in [0.2, 0.25) is 0 Å². The van der Waals surface area contributed by atoms with Crippen molar-refractivity contribution in [2.24, 2.45) is 71.0 Å². The lowest BCUT2D eigenvalue weighted by atomic mass is 9.75. The lowest BCUT2D eigenvalue weighted by Crippen LogP contribution is -2.40. The van der Waals surface area contributed by atoms with E-state index in [1.807, 2.05) is 6.92 Å². The van der Waals surface area contributed by atoms with Gasteiger partial charge in [0.05, 0.1) is 57.5 Å². The van der Waals surface area contributed by atoms with Gasteiger partial charge in [-0.15, -0.1) is 0 Å². The molecule has 2 saturated heterocycles. The van der Waals surface area contributed by atoms with Crippen LogP contribution in [-0.2, 0) is 60.3 Å². The third kappa shape index (κ3) is 13.4. The molecule has 13 atom stereocenters. The predicted octanol–water partition coefficient (Wildman–Crippen LogP) is 3.51. The molecular formula is C37H63O12S6-. The van der Waals surface area contributed by atoms with E-state index in [0.717, 1.165) is 6.42 Å². The van der Waals surface area contributed by atoms with Gasteiger partial charge in [0.15, 0.2) is 49.2 Å². The van der Waals surface area contributed by atoms with Gasteiger partial charge < -0.3 is 4.55 Å². The number of rotatable bonds is 3. The molecule has 320 valence electrons. The molecule has 18 heteroatoms. The first-order chi connectivity index (χ1) is 25.5. The Balaban J connectivity index is 1.39. The van der Waals surface area contributed by atoms with Crippen LogP contribution >= 0.6 is 0 Å². The van der Waals surface area contributed by atoms with Crippen LogP contribution in [0.3, 0.4) is 0 Å². The number of hydrogen-bond donors (Lipinski definition) is 0. The van der Waals surface area contributed by atoms with E-state index in [1.54, 1.807) is 0 Å². The molecule has 10 bridgehead atoms. The molecule has 12 nitrogen and oxygen atoms in total. The summed E-state index contributed by atoms with van der Waals surface area (Å²) >= 11 is -2.38. The molecule has 6 fully saturated rings. The molecule has 6 unspecified atom stereocenters. The summed E-state index contributed by atoms with van der Waals surface area (Å²) in [5.74, 6) is -5.96. The van der Waals surface area contributed by atoms with E-state index in [-0.39, 0.29) is 87.0 Å². The number of sulfone groups is 5. The van der Waals surface area contributed by atoms with Crippen molar-refractivity contribution in [2.75, 3.05) is 63.3 Å². The van der Waals surface area contributed by atoms with Gasteiger partial charge in [0.1, 0.15) is 0 Å². The first-order valence-corrected chi connectivity index (χ1v) is 30.9. The highest BCUT2D eigenvalue weighted by molar-refractivity contribution is 7.92.